The molecule has 1 atom stereocenters. The zero-order valence-corrected chi connectivity index (χ0v) is 15.3. The van der Waals surface area contributed by atoms with Crippen molar-refractivity contribution in [3.05, 3.63) is 35.4 Å². The molecule has 0 radical (unpaired) electrons. The van der Waals surface area contributed by atoms with Gasteiger partial charge in [0.1, 0.15) is 0 Å². The second-order valence-electron chi connectivity index (χ2n) is 7.73. The largest absolute Gasteiger partial charge is 0.388 e. The van der Waals surface area contributed by atoms with Crippen molar-refractivity contribution < 1.29 is 14.7 Å². The van der Waals surface area contributed by atoms with Crippen molar-refractivity contribution in [3.63, 3.8) is 0 Å². The van der Waals surface area contributed by atoms with Crippen LogP contribution in [0.4, 0.5) is 0 Å². The van der Waals surface area contributed by atoms with E-state index in [1.54, 1.807) is 0 Å². The maximum atomic E-state index is 12.7. The third kappa shape index (κ3) is 4.83. The lowest BCUT2D eigenvalue weighted by Crippen LogP contribution is -2.49. The molecule has 2 saturated heterocycles. The Labute approximate surface area is 155 Å². The number of piperidine rings is 2. The van der Waals surface area contributed by atoms with Gasteiger partial charge >= 0.3 is 0 Å². The molecule has 0 spiro atoms. The van der Waals surface area contributed by atoms with Gasteiger partial charge in [0.05, 0.1) is 12.0 Å². The quantitative estimate of drug-likeness (QED) is 0.834. The third-order valence-corrected chi connectivity index (χ3v) is 5.36. The van der Waals surface area contributed by atoms with Gasteiger partial charge in [-0.15, -0.1) is 0 Å². The fourth-order valence-electron chi connectivity index (χ4n) is 4.15. The van der Waals surface area contributed by atoms with Gasteiger partial charge in [0.2, 0.25) is 5.91 Å². The molecule has 2 aliphatic rings. The molecule has 3 N–H and O–H groups in total. The lowest BCUT2D eigenvalue weighted by molar-refractivity contribution is -0.125. The highest BCUT2D eigenvalue weighted by Crippen LogP contribution is 2.25. The predicted octanol–water partition coefficient (Wildman–Crippen LogP) is 1.51. The number of β-amino-alcohol motifs (C(OH)–C–C–N with tert-alkyl or cyclic N) is 1. The molecule has 0 aliphatic carbocycles. The Hall–Kier alpha value is -1.92. The van der Waals surface area contributed by atoms with Gasteiger partial charge in [-0.2, -0.15) is 0 Å². The summed E-state index contributed by atoms with van der Waals surface area (Å²) in [5.74, 6) is -0.362. The lowest BCUT2D eigenvalue weighted by Gasteiger charge is -2.38. The topological polar surface area (TPSA) is 86.9 Å². The highest BCUT2D eigenvalue weighted by Gasteiger charge is 2.34. The fourth-order valence-corrected chi connectivity index (χ4v) is 4.15. The number of nitrogens with two attached hydrogens (primary N) is 1. The molecule has 2 heterocycles. The lowest BCUT2D eigenvalue weighted by atomic mass is 9.89. The molecule has 0 bridgehead atoms. The maximum Gasteiger partial charge on any atom is 0.253 e. The molecule has 0 saturated carbocycles. The van der Waals surface area contributed by atoms with Crippen LogP contribution in [0.3, 0.4) is 0 Å². The molecule has 1 aromatic carbocycles. The van der Waals surface area contributed by atoms with Crippen LogP contribution < -0.4 is 5.73 Å². The molecule has 2 fully saturated rings. The third-order valence-electron chi connectivity index (χ3n) is 5.36. The summed E-state index contributed by atoms with van der Waals surface area (Å²) in [6.07, 6.45) is 4.79. The van der Waals surface area contributed by atoms with Gasteiger partial charge in [0.25, 0.3) is 5.91 Å². The number of benzene rings is 1. The Bertz CT molecular complexity index is 657. The van der Waals surface area contributed by atoms with Crippen LogP contribution in [0, 0.1) is 0 Å². The van der Waals surface area contributed by atoms with Crippen LogP contribution in [-0.2, 0) is 11.3 Å². The summed E-state index contributed by atoms with van der Waals surface area (Å²) < 4.78 is 0. The van der Waals surface area contributed by atoms with E-state index in [9.17, 15) is 14.7 Å². The Morgan fingerprint density at radius 3 is 2.62 bits per heavy atom. The highest BCUT2D eigenvalue weighted by atomic mass is 16.3. The Morgan fingerprint density at radius 2 is 1.88 bits per heavy atom. The second-order valence-corrected chi connectivity index (χ2v) is 7.73. The van der Waals surface area contributed by atoms with E-state index >= 15 is 0 Å². The van der Waals surface area contributed by atoms with E-state index in [1.165, 1.54) is 6.42 Å². The van der Waals surface area contributed by atoms with Crippen molar-refractivity contribution in [2.24, 2.45) is 5.73 Å². The number of carbonyl (C=O) groups excluding carboxylic acids is 2. The standard InChI is InChI=1S/C20H29N3O3/c21-18(24)13-20(26)8-5-9-22(15-20)14-16-6-4-7-17(12-16)19(25)23-10-2-1-3-11-23/h4,6-7,12,26H,1-3,5,8-11,13-15H2,(H2,21,24). The van der Waals surface area contributed by atoms with Gasteiger partial charge in [-0.05, 0) is 56.3 Å². The number of likely N-dealkylation sites (tertiary alicyclic amines) is 2. The Kier molecular flexibility index (Phi) is 5.94. The summed E-state index contributed by atoms with van der Waals surface area (Å²) >= 11 is 0. The molecular formula is C20H29N3O3. The molecule has 3 rings (SSSR count). The summed E-state index contributed by atoms with van der Waals surface area (Å²) in [5, 5.41) is 10.6. The molecule has 26 heavy (non-hydrogen) atoms. The average Bonchev–Trinajstić information content (AvgIpc) is 2.61. The van der Waals surface area contributed by atoms with Crippen LogP contribution in [0.5, 0.6) is 0 Å². The smallest absolute Gasteiger partial charge is 0.253 e. The van der Waals surface area contributed by atoms with Gasteiger partial charge in [-0.25, -0.2) is 0 Å². The number of nitrogens with zero attached hydrogens (tertiary/aromatic N) is 2. The first-order valence-electron chi connectivity index (χ1n) is 9.56. The molecule has 2 amide bonds. The molecular weight excluding hydrogens is 330 g/mol. The van der Waals surface area contributed by atoms with Gasteiger partial charge in [0.15, 0.2) is 0 Å². The first-order valence-corrected chi connectivity index (χ1v) is 9.56. The molecule has 6 heteroatoms. The number of carbonyl (C=O) groups is 2. The molecule has 6 nitrogen and oxygen atoms in total. The van der Waals surface area contributed by atoms with Crippen LogP contribution in [-0.4, -0.2) is 58.5 Å². The minimum atomic E-state index is -1.04. The molecule has 142 valence electrons. The Morgan fingerprint density at radius 1 is 1.12 bits per heavy atom. The molecule has 1 aromatic rings. The maximum absolute atomic E-state index is 12.7. The number of hydrogen-bond acceptors (Lipinski definition) is 4. The zero-order chi connectivity index (χ0) is 18.6. The van der Waals surface area contributed by atoms with Crippen molar-refractivity contribution in [2.75, 3.05) is 26.2 Å². The van der Waals surface area contributed by atoms with Gasteiger partial charge in [-0.3, -0.25) is 14.5 Å². The van der Waals surface area contributed by atoms with Crippen LogP contribution in [0.2, 0.25) is 0 Å². The SMILES string of the molecule is NC(=O)CC1(O)CCCN(Cc2cccc(C(=O)N3CCCCC3)c2)C1. The van der Waals surface area contributed by atoms with Crippen LogP contribution >= 0.6 is 0 Å². The van der Waals surface area contributed by atoms with Gasteiger partial charge < -0.3 is 15.7 Å². The molecule has 1 unspecified atom stereocenters. The first kappa shape index (κ1) is 18.9. The van der Waals surface area contributed by atoms with Crippen molar-refractivity contribution in [2.45, 2.75) is 50.7 Å². The summed E-state index contributed by atoms with van der Waals surface area (Å²) in [6, 6.07) is 7.76. The summed E-state index contributed by atoms with van der Waals surface area (Å²) in [6.45, 7) is 3.64. The number of rotatable bonds is 5. The van der Waals surface area contributed by atoms with E-state index in [0.29, 0.717) is 19.5 Å². The zero-order valence-electron chi connectivity index (χ0n) is 15.3. The van der Waals surface area contributed by atoms with Gasteiger partial charge in [-0.1, -0.05) is 12.1 Å². The van der Waals surface area contributed by atoms with E-state index in [-0.39, 0.29) is 12.3 Å². The minimum absolute atomic E-state index is 0.00299. The summed E-state index contributed by atoms with van der Waals surface area (Å²) in [7, 11) is 0. The monoisotopic (exact) mass is 359 g/mol. The van der Waals surface area contributed by atoms with Crippen LogP contribution in [0.25, 0.3) is 0 Å². The highest BCUT2D eigenvalue weighted by molar-refractivity contribution is 5.94. The van der Waals surface area contributed by atoms with E-state index in [4.69, 9.17) is 5.73 Å². The van der Waals surface area contributed by atoms with E-state index in [2.05, 4.69) is 4.90 Å². The number of hydrogen-bond donors (Lipinski definition) is 2. The van der Waals surface area contributed by atoms with E-state index < -0.39 is 11.5 Å². The summed E-state index contributed by atoms with van der Waals surface area (Å²) in [5.41, 5.74) is 6.02. The van der Waals surface area contributed by atoms with Gasteiger partial charge in [0, 0.05) is 31.7 Å². The predicted molar refractivity (Wildman–Crippen MR) is 99.5 cm³/mol. The second kappa shape index (κ2) is 8.18. The van der Waals surface area contributed by atoms with Crippen molar-refractivity contribution in [1.82, 2.24) is 9.80 Å². The number of primary amides is 1. The average molecular weight is 359 g/mol. The molecule has 0 aromatic heterocycles. The van der Waals surface area contributed by atoms with Crippen LogP contribution in [0.1, 0.15) is 54.4 Å². The van der Waals surface area contributed by atoms with Crippen molar-refractivity contribution in [3.8, 4) is 0 Å². The van der Waals surface area contributed by atoms with E-state index in [0.717, 1.165) is 50.0 Å². The van der Waals surface area contributed by atoms with Crippen molar-refractivity contribution in [1.29, 1.82) is 0 Å². The van der Waals surface area contributed by atoms with Crippen molar-refractivity contribution >= 4 is 11.8 Å². The van der Waals surface area contributed by atoms with Crippen LogP contribution in [0.15, 0.2) is 24.3 Å². The number of amides is 2. The Balaban J connectivity index is 1.64. The molecule has 2 aliphatic heterocycles. The first-order chi connectivity index (χ1) is 12.5. The normalized spacial score (nSPS) is 24.4. The minimum Gasteiger partial charge on any atom is -0.388 e. The van der Waals surface area contributed by atoms with E-state index in [1.807, 2.05) is 29.2 Å². The fraction of sp³-hybridized carbons (Fsp3) is 0.600. The summed E-state index contributed by atoms with van der Waals surface area (Å²) in [4.78, 5) is 28.0. The number of aliphatic hydroxyl groups is 1.